The van der Waals surface area contributed by atoms with E-state index in [1.54, 1.807) is 0 Å². The van der Waals surface area contributed by atoms with Crippen molar-refractivity contribution in [3.05, 3.63) is 52.7 Å². The van der Waals surface area contributed by atoms with Crippen LogP contribution >= 0.6 is 0 Å². The van der Waals surface area contributed by atoms with E-state index in [2.05, 4.69) is 21.6 Å². The van der Waals surface area contributed by atoms with Gasteiger partial charge in [0, 0.05) is 6.54 Å². The lowest BCUT2D eigenvalue weighted by Gasteiger charge is -2.14. The highest BCUT2D eigenvalue weighted by Gasteiger charge is 2.12. The van der Waals surface area contributed by atoms with Gasteiger partial charge in [-0.25, -0.2) is 0 Å². The minimum Gasteiger partial charge on any atom is -0.387 e. The smallest absolute Gasteiger partial charge is 0.167 e. The largest absolute Gasteiger partial charge is 0.387 e. The fraction of sp³-hybridized carbons (Fsp3) is 0.267. The maximum absolute atomic E-state index is 10.1. The predicted octanol–water partition coefficient (Wildman–Crippen LogP) is 2.11. The summed E-state index contributed by atoms with van der Waals surface area (Å²) in [6.45, 7) is 3.92. The summed E-state index contributed by atoms with van der Waals surface area (Å²) < 4.78 is 0. The Balaban J connectivity index is 2.12. The molecule has 102 valence electrons. The van der Waals surface area contributed by atoms with Crippen molar-refractivity contribution in [3.8, 4) is 6.07 Å². The zero-order valence-electron chi connectivity index (χ0n) is 11.5. The minimum atomic E-state index is -0.661. The predicted molar refractivity (Wildman–Crippen MR) is 76.1 cm³/mol. The van der Waals surface area contributed by atoms with Crippen LogP contribution in [0.25, 0.3) is 0 Å². The number of nitriles is 1. The van der Waals surface area contributed by atoms with Gasteiger partial charge in [-0.2, -0.15) is 10.4 Å². The van der Waals surface area contributed by atoms with E-state index in [-0.39, 0.29) is 6.54 Å². The van der Waals surface area contributed by atoms with Crippen molar-refractivity contribution < 1.29 is 5.11 Å². The molecule has 0 aliphatic rings. The first-order chi connectivity index (χ1) is 9.63. The van der Waals surface area contributed by atoms with Gasteiger partial charge in [0.15, 0.2) is 5.82 Å². The lowest BCUT2D eigenvalue weighted by molar-refractivity contribution is 0.191. The van der Waals surface area contributed by atoms with E-state index in [1.165, 1.54) is 0 Å². The van der Waals surface area contributed by atoms with Crippen molar-refractivity contribution in [1.29, 1.82) is 5.26 Å². The standard InChI is InChI=1S/C15H16N4O/c1-10-11(2)18-19-15(13(10)8-16)17-9-14(20)12-6-4-3-5-7-12/h3-7,14,20H,9H2,1-2H3,(H,17,19). The third-order valence-electron chi connectivity index (χ3n) is 3.21. The van der Waals surface area contributed by atoms with Crippen molar-refractivity contribution in [3.63, 3.8) is 0 Å². The molecule has 2 N–H and O–H groups in total. The Kier molecular flexibility index (Phi) is 4.28. The number of hydrogen-bond donors (Lipinski definition) is 2. The van der Waals surface area contributed by atoms with Gasteiger partial charge in [0.25, 0.3) is 0 Å². The van der Waals surface area contributed by atoms with Gasteiger partial charge in [-0.3, -0.25) is 0 Å². The molecule has 1 atom stereocenters. The number of aryl methyl sites for hydroxylation is 1. The molecule has 0 saturated carbocycles. The second-order valence-electron chi connectivity index (χ2n) is 4.55. The van der Waals surface area contributed by atoms with Gasteiger partial charge in [-0.15, -0.1) is 5.10 Å². The van der Waals surface area contributed by atoms with E-state index >= 15 is 0 Å². The van der Waals surface area contributed by atoms with Crippen LogP contribution in [0.15, 0.2) is 30.3 Å². The van der Waals surface area contributed by atoms with Crippen LogP contribution < -0.4 is 5.32 Å². The zero-order valence-corrected chi connectivity index (χ0v) is 11.5. The Morgan fingerprint density at radius 2 is 1.95 bits per heavy atom. The van der Waals surface area contributed by atoms with E-state index in [9.17, 15) is 10.4 Å². The van der Waals surface area contributed by atoms with Crippen LogP contribution in [0.2, 0.25) is 0 Å². The molecule has 5 nitrogen and oxygen atoms in total. The summed E-state index contributed by atoms with van der Waals surface area (Å²) in [5.41, 5.74) is 2.82. The molecule has 0 fully saturated rings. The molecule has 1 heterocycles. The maximum Gasteiger partial charge on any atom is 0.167 e. The van der Waals surface area contributed by atoms with Gasteiger partial charge in [0.2, 0.25) is 0 Å². The van der Waals surface area contributed by atoms with Crippen LogP contribution in [0.5, 0.6) is 0 Å². The fourth-order valence-corrected chi connectivity index (χ4v) is 1.86. The summed E-state index contributed by atoms with van der Waals surface area (Å²) >= 11 is 0. The van der Waals surface area contributed by atoms with Crippen molar-refractivity contribution >= 4 is 5.82 Å². The van der Waals surface area contributed by atoms with E-state index in [4.69, 9.17) is 0 Å². The van der Waals surface area contributed by atoms with Crippen LogP contribution in [0.4, 0.5) is 5.82 Å². The minimum absolute atomic E-state index is 0.274. The van der Waals surface area contributed by atoms with E-state index in [1.807, 2.05) is 44.2 Å². The highest BCUT2D eigenvalue weighted by Crippen LogP contribution is 2.19. The molecule has 2 aromatic rings. The van der Waals surface area contributed by atoms with E-state index < -0.39 is 6.10 Å². The van der Waals surface area contributed by atoms with Crippen molar-refractivity contribution in [1.82, 2.24) is 10.2 Å². The molecule has 0 radical (unpaired) electrons. The number of aliphatic hydroxyl groups excluding tert-OH is 1. The lowest BCUT2D eigenvalue weighted by atomic mass is 10.1. The highest BCUT2D eigenvalue weighted by atomic mass is 16.3. The first-order valence-electron chi connectivity index (χ1n) is 6.34. The molecule has 2 rings (SSSR count). The number of nitrogens with zero attached hydrogens (tertiary/aromatic N) is 3. The van der Waals surface area contributed by atoms with Crippen molar-refractivity contribution in [2.75, 3.05) is 11.9 Å². The number of hydrogen-bond acceptors (Lipinski definition) is 5. The summed E-state index contributed by atoms with van der Waals surface area (Å²) in [6, 6.07) is 11.5. The molecule has 0 bridgehead atoms. The Bertz CT molecular complexity index is 634. The highest BCUT2D eigenvalue weighted by molar-refractivity contribution is 5.55. The van der Waals surface area contributed by atoms with E-state index in [0.717, 1.165) is 16.8 Å². The third-order valence-corrected chi connectivity index (χ3v) is 3.21. The Morgan fingerprint density at radius 3 is 2.60 bits per heavy atom. The van der Waals surface area contributed by atoms with E-state index in [0.29, 0.717) is 11.4 Å². The number of benzene rings is 1. The topological polar surface area (TPSA) is 81.8 Å². The number of anilines is 1. The first-order valence-corrected chi connectivity index (χ1v) is 6.34. The fourth-order valence-electron chi connectivity index (χ4n) is 1.86. The van der Waals surface area contributed by atoms with Gasteiger partial charge < -0.3 is 10.4 Å². The molecule has 1 unspecified atom stereocenters. The SMILES string of the molecule is Cc1nnc(NCC(O)c2ccccc2)c(C#N)c1C. The molecule has 1 aromatic carbocycles. The van der Waals surface area contributed by atoms with Gasteiger partial charge in [-0.1, -0.05) is 30.3 Å². The number of aromatic nitrogens is 2. The van der Waals surface area contributed by atoms with Crippen LogP contribution in [0, 0.1) is 25.2 Å². The zero-order chi connectivity index (χ0) is 14.5. The molecule has 5 heteroatoms. The molecular formula is C15H16N4O. The first kappa shape index (κ1) is 14.0. The quantitative estimate of drug-likeness (QED) is 0.887. The van der Waals surface area contributed by atoms with Gasteiger partial charge in [-0.05, 0) is 25.0 Å². The molecule has 0 aliphatic heterocycles. The van der Waals surface area contributed by atoms with Crippen molar-refractivity contribution in [2.24, 2.45) is 0 Å². The summed E-state index contributed by atoms with van der Waals surface area (Å²) in [7, 11) is 0. The second kappa shape index (κ2) is 6.13. The number of aliphatic hydroxyl groups is 1. The molecule has 0 saturated heterocycles. The van der Waals surface area contributed by atoms with Crippen LogP contribution in [-0.2, 0) is 0 Å². The molecule has 0 aliphatic carbocycles. The number of rotatable bonds is 4. The van der Waals surface area contributed by atoms with Crippen molar-refractivity contribution in [2.45, 2.75) is 20.0 Å². The van der Waals surface area contributed by atoms with Crippen LogP contribution in [-0.4, -0.2) is 21.8 Å². The average Bonchev–Trinajstić information content (AvgIpc) is 2.49. The van der Waals surface area contributed by atoms with Crippen LogP contribution in [0.1, 0.15) is 28.5 Å². The molecule has 0 spiro atoms. The molecule has 1 aromatic heterocycles. The average molecular weight is 268 g/mol. The number of nitrogens with one attached hydrogen (secondary N) is 1. The van der Waals surface area contributed by atoms with Gasteiger partial charge in [0.1, 0.15) is 11.6 Å². The Labute approximate surface area is 117 Å². The van der Waals surface area contributed by atoms with Crippen LogP contribution in [0.3, 0.4) is 0 Å². The summed E-state index contributed by atoms with van der Waals surface area (Å²) in [6.07, 6.45) is -0.661. The molecule has 20 heavy (non-hydrogen) atoms. The third kappa shape index (κ3) is 2.92. The summed E-state index contributed by atoms with van der Waals surface area (Å²) in [4.78, 5) is 0. The lowest BCUT2D eigenvalue weighted by Crippen LogP contribution is -2.15. The normalized spacial score (nSPS) is 11.7. The second-order valence-corrected chi connectivity index (χ2v) is 4.55. The summed E-state index contributed by atoms with van der Waals surface area (Å²) in [5, 5.41) is 30.2. The molecule has 0 amide bonds. The van der Waals surface area contributed by atoms with Gasteiger partial charge >= 0.3 is 0 Å². The maximum atomic E-state index is 10.1. The molecular weight excluding hydrogens is 252 g/mol. The van der Waals surface area contributed by atoms with Gasteiger partial charge in [0.05, 0.1) is 11.8 Å². The Morgan fingerprint density at radius 1 is 1.25 bits per heavy atom. The summed E-state index contributed by atoms with van der Waals surface area (Å²) in [5.74, 6) is 0.408. The monoisotopic (exact) mass is 268 g/mol. The Hall–Kier alpha value is -2.45.